The first-order chi connectivity index (χ1) is 21.0. The molecule has 0 saturated heterocycles. The molecule has 0 aliphatic heterocycles. The number of amides is 2. The Labute approximate surface area is 254 Å². The SMILES string of the molecule is O=C(Nc1ccc(C(=O)/C=C/c2ccc(OCc3ccccc3)cc2)cc1)/C(=C/c1ccsc1)NC(=O)c1ccccc1. The molecule has 0 spiro atoms. The monoisotopic (exact) mass is 584 g/mol. The molecule has 2 N–H and O–H groups in total. The zero-order valence-corrected chi connectivity index (χ0v) is 23.9. The average molecular weight is 585 g/mol. The predicted octanol–water partition coefficient (Wildman–Crippen LogP) is 7.63. The van der Waals surface area contributed by atoms with Crippen molar-refractivity contribution in [2.24, 2.45) is 0 Å². The molecule has 5 aromatic rings. The van der Waals surface area contributed by atoms with Crippen LogP contribution in [0, 0.1) is 0 Å². The number of ether oxygens (including phenoxy) is 1. The van der Waals surface area contributed by atoms with Gasteiger partial charge in [-0.3, -0.25) is 14.4 Å². The molecule has 43 heavy (non-hydrogen) atoms. The molecule has 0 unspecified atom stereocenters. The molecule has 6 nitrogen and oxygen atoms in total. The van der Waals surface area contributed by atoms with E-state index in [-0.39, 0.29) is 17.4 Å². The van der Waals surface area contributed by atoms with Gasteiger partial charge < -0.3 is 15.4 Å². The Balaban J connectivity index is 1.18. The highest BCUT2D eigenvalue weighted by Gasteiger charge is 2.15. The van der Waals surface area contributed by atoms with Crippen molar-refractivity contribution in [2.45, 2.75) is 6.61 Å². The van der Waals surface area contributed by atoms with Crippen LogP contribution < -0.4 is 15.4 Å². The number of nitrogens with one attached hydrogen (secondary N) is 2. The number of allylic oxidation sites excluding steroid dienone is 1. The molecule has 7 heteroatoms. The van der Waals surface area contributed by atoms with E-state index >= 15 is 0 Å². The Bertz CT molecular complexity index is 1730. The Morgan fingerprint density at radius 3 is 2.09 bits per heavy atom. The van der Waals surface area contributed by atoms with Gasteiger partial charge in [-0.1, -0.05) is 66.7 Å². The first-order valence-corrected chi connectivity index (χ1v) is 14.5. The van der Waals surface area contributed by atoms with E-state index in [4.69, 9.17) is 4.74 Å². The minimum Gasteiger partial charge on any atom is -0.489 e. The molecule has 4 aromatic carbocycles. The van der Waals surface area contributed by atoms with E-state index in [0.29, 0.717) is 23.4 Å². The van der Waals surface area contributed by atoms with E-state index in [1.807, 2.05) is 77.5 Å². The fraction of sp³-hybridized carbons (Fsp3) is 0.0278. The third-order valence-corrected chi connectivity index (χ3v) is 7.07. The average Bonchev–Trinajstić information content (AvgIpc) is 3.57. The Kier molecular flexibility index (Phi) is 9.70. The highest BCUT2D eigenvalue weighted by Crippen LogP contribution is 2.17. The minimum absolute atomic E-state index is 0.104. The fourth-order valence-corrected chi connectivity index (χ4v) is 4.68. The topological polar surface area (TPSA) is 84.5 Å². The van der Waals surface area contributed by atoms with Gasteiger partial charge in [0.05, 0.1) is 0 Å². The number of carbonyl (C=O) groups is 3. The smallest absolute Gasteiger partial charge is 0.272 e. The van der Waals surface area contributed by atoms with E-state index < -0.39 is 5.91 Å². The quantitative estimate of drug-likeness (QED) is 0.123. The number of hydrogen-bond donors (Lipinski definition) is 2. The van der Waals surface area contributed by atoms with Crippen LogP contribution in [0.2, 0.25) is 0 Å². The van der Waals surface area contributed by atoms with Crippen LogP contribution in [0.15, 0.2) is 138 Å². The molecule has 0 aliphatic carbocycles. The first kappa shape index (κ1) is 29.0. The number of rotatable bonds is 11. The largest absolute Gasteiger partial charge is 0.489 e. The van der Waals surface area contributed by atoms with Crippen molar-refractivity contribution >= 4 is 46.8 Å². The lowest BCUT2D eigenvalue weighted by molar-refractivity contribution is -0.113. The lowest BCUT2D eigenvalue weighted by Crippen LogP contribution is -2.30. The molecule has 0 radical (unpaired) electrons. The van der Waals surface area contributed by atoms with Crippen LogP contribution in [0.1, 0.15) is 37.4 Å². The van der Waals surface area contributed by atoms with E-state index in [2.05, 4.69) is 10.6 Å². The zero-order chi connectivity index (χ0) is 29.9. The van der Waals surface area contributed by atoms with Gasteiger partial charge in [-0.2, -0.15) is 11.3 Å². The predicted molar refractivity (Wildman–Crippen MR) is 172 cm³/mol. The van der Waals surface area contributed by atoms with E-state index in [1.54, 1.807) is 60.7 Å². The maximum Gasteiger partial charge on any atom is 0.272 e. The van der Waals surface area contributed by atoms with Crippen LogP contribution >= 0.6 is 11.3 Å². The van der Waals surface area contributed by atoms with Gasteiger partial charge in [0, 0.05) is 16.8 Å². The number of thiophene rings is 1. The summed E-state index contributed by atoms with van der Waals surface area (Å²) < 4.78 is 5.82. The van der Waals surface area contributed by atoms with Gasteiger partial charge in [0.2, 0.25) is 0 Å². The highest BCUT2D eigenvalue weighted by atomic mass is 32.1. The fourth-order valence-electron chi connectivity index (χ4n) is 4.07. The van der Waals surface area contributed by atoms with Crippen molar-refractivity contribution in [1.29, 1.82) is 0 Å². The molecular formula is C36H28N2O4S. The van der Waals surface area contributed by atoms with E-state index in [0.717, 1.165) is 22.4 Å². The Morgan fingerprint density at radius 1 is 0.721 bits per heavy atom. The summed E-state index contributed by atoms with van der Waals surface area (Å²) in [5, 5.41) is 9.29. The summed E-state index contributed by atoms with van der Waals surface area (Å²) in [6, 6.07) is 34.6. The summed E-state index contributed by atoms with van der Waals surface area (Å²) in [4.78, 5) is 38.7. The molecule has 212 valence electrons. The third kappa shape index (κ3) is 8.48. The summed E-state index contributed by atoms with van der Waals surface area (Å²) in [5.74, 6) is -0.293. The maximum absolute atomic E-state index is 13.1. The molecule has 0 atom stereocenters. The van der Waals surface area contributed by atoms with Crippen LogP contribution in [0.5, 0.6) is 5.75 Å². The van der Waals surface area contributed by atoms with Crippen molar-refractivity contribution < 1.29 is 19.1 Å². The minimum atomic E-state index is -0.481. The normalized spacial score (nSPS) is 11.2. The third-order valence-electron chi connectivity index (χ3n) is 6.37. The van der Waals surface area contributed by atoms with Crippen LogP contribution in [-0.4, -0.2) is 17.6 Å². The Morgan fingerprint density at radius 2 is 1.42 bits per heavy atom. The van der Waals surface area contributed by atoms with Crippen LogP contribution in [-0.2, 0) is 11.4 Å². The van der Waals surface area contributed by atoms with E-state index in [9.17, 15) is 14.4 Å². The molecule has 1 heterocycles. The molecular weight excluding hydrogens is 556 g/mol. The lowest BCUT2D eigenvalue weighted by Gasteiger charge is -2.11. The van der Waals surface area contributed by atoms with Crippen molar-refractivity contribution in [3.05, 3.63) is 166 Å². The summed E-state index contributed by atoms with van der Waals surface area (Å²) in [6.07, 6.45) is 4.88. The second-order valence-electron chi connectivity index (χ2n) is 9.51. The second-order valence-corrected chi connectivity index (χ2v) is 10.3. The van der Waals surface area contributed by atoms with Crippen molar-refractivity contribution in [3.63, 3.8) is 0 Å². The van der Waals surface area contributed by atoms with Crippen molar-refractivity contribution in [1.82, 2.24) is 5.32 Å². The van der Waals surface area contributed by atoms with Gasteiger partial charge in [-0.15, -0.1) is 0 Å². The van der Waals surface area contributed by atoms with Crippen molar-refractivity contribution in [3.8, 4) is 5.75 Å². The van der Waals surface area contributed by atoms with Gasteiger partial charge in [0.1, 0.15) is 18.1 Å². The second kappa shape index (κ2) is 14.4. The molecule has 0 bridgehead atoms. The van der Waals surface area contributed by atoms with Crippen LogP contribution in [0.4, 0.5) is 5.69 Å². The lowest BCUT2D eigenvalue weighted by atomic mass is 10.1. The summed E-state index contributed by atoms with van der Waals surface area (Å²) in [5.41, 5.74) is 4.26. The van der Waals surface area contributed by atoms with Crippen molar-refractivity contribution in [2.75, 3.05) is 5.32 Å². The number of benzene rings is 4. The molecule has 0 aliphatic rings. The first-order valence-electron chi connectivity index (χ1n) is 13.5. The molecule has 1 aromatic heterocycles. The Hall–Kier alpha value is -5.53. The zero-order valence-electron chi connectivity index (χ0n) is 23.1. The number of anilines is 1. The van der Waals surface area contributed by atoms with Crippen LogP contribution in [0.3, 0.4) is 0 Å². The van der Waals surface area contributed by atoms with E-state index in [1.165, 1.54) is 17.4 Å². The standard InChI is InChI=1S/C36H28N2O4S/c39-34(20-13-26-11-18-32(19-12-26)42-24-27-7-3-1-4-8-27)29-14-16-31(17-15-29)37-36(41)33(23-28-21-22-43-25-28)38-35(40)30-9-5-2-6-10-30/h1-23,25H,24H2,(H,37,41)(H,38,40)/b20-13+,33-23-. The molecule has 0 fully saturated rings. The van der Waals surface area contributed by atoms with Crippen LogP contribution in [0.25, 0.3) is 12.2 Å². The molecule has 5 rings (SSSR count). The van der Waals surface area contributed by atoms with Gasteiger partial charge >= 0.3 is 0 Å². The summed E-state index contributed by atoms with van der Waals surface area (Å²) >= 11 is 1.49. The van der Waals surface area contributed by atoms with Gasteiger partial charge in [0.25, 0.3) is 11.8 Å². The molecule has 0 saturated carbocycles. The highest BCUT2D eigenvalue weighted by molar-refractivity contribution is 7.08. The van der Waals surface area contributed by atoms with Gasteiger partial charge in [0.15, 0.2) is 5.78 Å². The molecule has 2 amide bonds. The maximum atomic E-state index is 13.1. The summed E-state index contributed by atoms with van der Waals surface area (Å²) in [7, 11) is 0. The number of hydrogen-bond acceptors (Lipinski definition) is 5. The van der Waals surface area contributed by atoms with Gasteiger partial charge in [-0.25, -0.2) is 0 Å². The number of ketones is 1. The summed E-state index contributed by atoms with van der Waals surface area (Å²) in [6.45, 7) is 0.486. The van der Waals surface area contributed by atoms with Gasteiger partial charge in [-0.05, 0) is 94.2 Å². The number of carbonyl (C=O) groups excluding carboxylic acids is 3.